The van der Waals surface area contributed by atoms with Crippen molar-refractivity contribution >= 4 is 5.91 Å². The van der Waals surface area contributed by atoms with E-state index in [0.717, 1.165) is 25.8 Å². The molecule has 2 aliphatic rings. The molecule has 4 nitrogen and oxygen atoms in total. The second-order valence-corrected chi connectivity index (χ2v) is 5.35. The largest absolute Gasteiger partial charge is 0.401 e. The molecule has 1 amide bonds. The average Bonchev–Trinajstić information content (AvgIpc) is 2.80. The summed E-state index contributed by atoms with van der Waals surface area (Å²) in [7, 11) is 0. The van der Waals surface area contributed by atoms with Crippen LogP contribution in [0, 0.1) is 0 Å². The molecule has 2 heterocycles. The molecule has 110 valence electrons. The Balaban J connectivity index is 1.78. The van der Waals surface area contributed by atoms with Crippen molar-refractivity contribution in [1.82, 2.24) is 15.5 Å². The van der Waals surface area contributed by atoms with Crippen LogP contribution in [-0.2, 0) is 4.79 Å². The highest BCUT2D eigenvalue weighted by Gasteiger charge is 2.34. The van der Waals surface area contributed by atoms with Gasteiger partial charge in [0.15, 0.2) is 0 Å². The summed E-state index contributed by atoms with van der Waals surface area (Å²) in [6, 6.07) is -0.330. The molecule has 0 aromatic rings. The fourth-order valence-electron chi connectivity index (χ4n) is 2.78. The lowest BCUT2D eigenvalue weighted by atomic mass is 10.0. The molecule has 2 N–H and O–H groups in total. The minimum absolute atomic E-state index is 0.0728. The van der Waals surface area contributed by atoms with Gasteiger partial charge in [-0.05, 0) is 38.8 Å². The number of likely N-dealkylation sites (tertiary alicyclic amines) is 1. The number of carbonyl (C=O) groups is 1. The average molecular weight is 279 g/mol. The van der Waals surface area contributed by atoms with Crippen molar-refractivity contribution in [3.63, 3.8) is 0 Å². The van der Waals surface area contributed by atoms with Gasteiger partial charge < -0.3 is 10.6 Å². The molecule has 0 aromatic heterocycles. The van der Waals surface area contributed by atoms with Crippen LogP contribution in [0.2, 0.25) is 0 Å². The number of rotatable bonds is 3. The number of hydrogen-bond donors (Lipinski definition) is 2. The number of nitrogens with one attached hydrogen (secondary N) is 2. The normalized spacial score (nSPS) is 29.4. The van der Waals surface area contributed by atoms with E-state index in [4.69, 9.17) is 0 Å². The third kappa shape index (κ3) is 4.65. The first kappa shape index (κ1) is 14.6. The van der Waals surface area contributed by atoms with E-state index in [2.05, 4.69) is 10.6 Å². The SMILES string of the molecule is O=C(N[C@@H]1CCCN(CC(F)(F)F)C1)C1CCCN1. The highest BCUT2D eigenvalue weighted by atomic mass is 19.4. The van der Waals surface area contributed by atoms with Crippen molar-refractivity contribution in [1.29, 1.82) is 0 Å². The molecule has 0 spiro atoms. The summed E-state index contributed by atoms with van der Waals surface area (Å²) < 4.78 is 37.0. The zero-order chi connectivity index (χ0) is 13.9. The summed E-state index contributed by atoms with van der Waals surface area (Å²) in [5, 5.41) is 5.96. The predicted molar refractivity (Wildman–Crippen MR) is 64.7 cm³/mol. The number of alkyl halides is 3. The van der Waals surface area contributed by atoms with Gasteiger partial charge in [-0.3, -0.25) is 9.69 Å². The molecule has 1 unspecified atom stereocenters. The second-order valence-electron chi connectivity index (χ2n) is 5.35. The minimum atomic E-state index is -4.17. The van der Waals surface area contributed by atoms with Crippen LogP contribution in [0.3, 0.4) is 0 Å². The van der Waals surface area contributed by atoms with Crippen LogP contribution in [0.25, 0.3) is 0 Å². The van der Waals surface area contributed by atoms with Gasteiger partial charge in [-0.1, -0.05) is 0 Å². The van der Waals surface area contributed by atoms with Gasteiger partial charge in [-0.25, -0.2) is 0 Å². The Labute approximate surface area is 110 Å². The predicted octanol–water partition coefficient (Wildman–Crippen LogP) is 0.881. The van der Waals surface area contributed by atoms with Gasteiger partial charge in [-0.2, -0.15) is 13.2 Å². The number of nitrogens with zero attached hydrogens (tertiary/aromatic N) is 1. The lowest BCUT2D eigenvalue weighted by Gasteiger charge is -2.33. The lowest BCUT2D eigenvalue weighted by molar-refractivity contribution is -0.148. The van der Waals surface area contributed by atoms with Crippen molar-refractivity contribution in [3.05, 3.63) is 0 Å². The molecule has 0 aromatic carbocycles. The molecule has 0 saturated carbocycles. The zero-order valence-electron chi connectivity index (χ0n) is 10.8. The summed E-state index contributed by atoms with van der Waals surface area (Å²) in [4.78, 5) is 13.3. The molecule has 0 aliphatic carbocycles. The molecule has 7 heteroatoms. The molecule has 19 heavy (non-hydrogen) atoms. The van der Waals surface area contributed by atoms with Gasteiger partial charge in [0.25, 0.3) is 0 Å². The van der Waals surface area contributed by atoms with Gasteiger partial charge in [0.1, 0.15) is 0 Å². The minimum Gasteiger partial charge on any atom is -0.351 e. The van der Waals surface area contributed by atoms with Crippen molar-refractivity contribution in [2.75, 3.05) is 26.2 Å². The van der Waals surface area contributed by atoms with Crippen molar-refractivity contribution < 1.29 is 18.0 Å². The molecule has 2 rings (SSSR count). The summed E-state index contributed by atoms with van der Waals surface area (Å²) in [6.45, 7) is 0.690. The highest BCUT2D eigenvalue weighted by molar-refractivity contribution is 5.82. The van der Waals surface area contributed by atoms with Gasteiger partial charge in [-0.15, -0.1) is 0 Å². The van der Waals surface area contributed by atoms with Crippen LogP contribution in [0.15, 0.2) is 0 Å². The first-order chi connectivity index (χ1) is 8.94. The molecule has 2 atom stereocenters. The van der Waals surface area contributed by atoms with Crippen LogP contribution < -0.4 is 10.6 Å². The van der Waals surface area contributed by atoms with E-state index in [0.29, 0.717) is 13.0 Å². The molecular formula is C12H20F3N3O. The van der Waals surface area contributed by atoms with Gasteiger partial charge in [0.2, 0.25) is 5.91 Å². The molecular weight excluding hydrogens is 259 g/mol. The summed E-state index contributed by atoms with van der Waals surface area (Å²) in [5.74, 6) is -0.0728. The Hall–Kier alpha value is -0.820. The fraction of sp³-hybridized carbons (Fsp3) is 0.917. The van der Waals surface area contributed by atoms with E-state index >= 15 is 0 Å². The second kappa shape index (κ2) is 6.09. The number of piperidine rings is 1. The van der Waals surface area contributed by atoms with Crippen molar-refractivity contribution in [2.45, 2.75) is 43.9 Å². The van der Waals surface area contributed by atoms with Crippen LogP contribution in [0.5, 0.6) is 0 Å². The Morgan fingerprint density at radius 2 is 2.11 bits per heavy atom. The molecule has 0 radical (unpaired) electrons. The van der Waals surface area contributed by atoms with Gasteiger partial charge in [0.05, 0.1) is 12.6 Å². The van der Waals surface area contributed by atoms with Gasteiger partial charge >= 0.3 is 6.18 Å². The fourth-order valence-corrected chi connectivity index (χ4v) is 2.78. The van der Waals surface area contributed by atoms with Crippen LogP contribution in [-0.4, -0.2) is 55.2 Å². The summed E-state index contributed by atoms with van der Waals surface area (Å²) >= 11 is 0. The maximum Gasteiger partial charge on any atom is 0.401 e. The van der Waals surface area contributed by atoms with E-state index in [1.165, 1.54) is 4.90 Å². The monoisotopic (exact) mass is 279 g/mol. The van der Waals surface area contributed by atoms with Gasteiger partial charge in [0, 0.05) is 12.6 Å². The maximum absolute atomic E-state index is 12.3. The van der Waals surface area contributed by atoms with Crippen LogP contribution in [0.4, 0.5) is 13.2 Å². The van der Waals surface area contributed by atoms with E-state index in [9.17, 15) is 18.0 Å². The van der Waals surface area contributed by atoms with Crippen molar-refractivity contribution in [2.24, 2.45) is 0 Å². The number of amides is 1. The Morgan fingerprint density at radius 1 is 1.32 bits per heavy atom. The first-order valence-corrected chi connectivity index (χ1v) is 6.77. The molecule has 0 bridgehead atoms. The number of carbonyl (C=O) groups excluding carboxylic acids is 1. The van der Waals surface area contributed by atoms with E-state index < -0.39 is 12.7 Å². The number of hydrogen-bond acceptors (Lipinski definition) is 3. The smallest absolute Gasteiger partial charge is 0.351 e. The van der Waals surface area contributed by atoms with Crippen LogP contribution >= 0.6 is 0 Å². The lowest BCUT2D eigenvalue weighted by Crippen LogP contribution is -2.53. The Morgan fingerprint density at radius 3 is 2.74 bits per heavy atom. The summed E-state index contributed by atoms with van der Waals surface area (Å²) in [6.07, 6.45) is -0.932. The zero-order valence-corrected chi connectivity index (χ0v) is 10.8. The Kier molecular flexibility index (Phi) is 4.67. The number of halogens is 3. The topological polar surface area (TPSA) is 44.4 Å². The highest BCUT2D eigenvalue weighted by Crippen LogP contribution is 2.20. The van der Waals surface area contributed by atoms with E-state index in [1.54, 1.807) is 0 Å². The maximum atomic E-state index is 12.3. The third-order valence-electron chi connectivity index (χ3n) is 3.63. The standard InChI is InChI=1S/C12H20F3N3O/c13-12(14,15)8-18-6-2-3-9(7-18)17-11(19)10-4-1-5-16-10/h9-10,16H,1-8H2,(H,17,19)/t9-,10?/m1/s1. The summed E-state index contributed by atoms with van der Waals surface area (Å²) in [5.41, 5.74) is 0. The first-order valence-electron chi connectivity index (χ1n) is 6.77. The Bertz CT molecular complexity index is 316. The van der Waals surface area contributed by atoms with E-state index in [1.807, 2.05) is 0 Å². The third-order valence-corrected chi connectivity index (χ3v) is 3.63. The molecule has 2 saturated heterocycles. The quantitative estimate of drug-likeness (QED) is 0.806. The van der Waals surface area contributed by atoms with Crippen molar-refractivity contribution in [3.8, 4) is 0 Å². The molecule has 2 aliphatic heterocycles. The molecule has 2 fully saturated rings. The van der Waals surface area contributed by atoms with Crippen LogP contribution in [0.1, 0.15) is 25.7 Å². The van der Waals surface area contributed by atoms with E-state index in [-0.39, 0.29) is 24.5 Å².